The van der Waals surface area contributed by atoms with Gasteiger partial charge in [-0.3, -0.25) is 0 Å². The average molecular weight is 293 g/mol. The van der Waals surface area contributed by atoms with Gasteiger partial charge in [0.05, 0.1) is 6.20 Å². The zero-order valence-electron chi connectivity index (χ0n) is 11.6. The van der Waals surface area contributed by atoms with Crippen LogP contribution in [0.3, 0.4) is 0 Å². The van der Waals surface area contributed by atoms with Crippen molar-refractivity contribution >= 4 is 10.0 Å². The van der Waals surface area contributed by atoms with E-state index in [0.717, 1.165) is 18.4 Å². The molecule has 1 aromatic heterocycles. The lowest BCUT2D eigenvalue weighted by Gasteiger charge is -2.18. The highest BCUT2D eigenvalue weighted by molar-refractivity contribution is 7.89. The van der Waals surface area contributed by atoms with Crippen LogP contribution in [0.5, 0.6) is 0 Å². The van der Waals surface area contributed by atoms with Crippen molar-refractivity contribution in [3.63, 3.8) is 0 Å². The number of nitrogens with zero attached hydrogens (tertiary/aromatic N) is 1. The Labute approximate surface area is 119 Å². The lowest BCUT2D eigenvalue weighted by molar-refractivity contribution is 0.533. The molecule has 0 amide bonds. The average Bonchev–Trinajstić information content (AvgIpc) is 2.87. The number of aromatic amines is 1. The van der Waals surface area contributed by atoms with Crippen LogP contribution in [0.1, 0.15) is 37.2 Å². The Balaban J connectivity index is 2.24. The molecule has 0 radical (unpaired) electrons. The molecule has 0 aliphatic carbocycles. The van der Waals surface area contributed by atoms with E-state index >= 15 is 0 Å². The molecule has 0 saturated heterocycles. The first kappa shape index (κ1) is 14.7. The van der Waals surface area contributed by atoms with Crippen LogP contribution in [0.4, 0.5) is 0 Å². The summed E-state index contributed by atoms with van der Waals surface area (Å²) in [6.45, 7) is 3.75. The maximum absolute atomic E-state index is 12.3. The molecular formula is C14H19N3O2S. The van der Waals surface area contributed by atoms with E-state index in [-0.39, 0.29) is 11.1 Å². The topological polar surface area (TPSA) is 74.8 Å². The fourth-order valence-electron chi connectivity index (χ4n) is 2.05. The van der Waals surface area contributed by atoms with Crippen molar-refractivity contribution in [3.05, 3.63) is 47.9 Å². The number of imidazole rings is 1. The van der Waals surface area contributed by atoms with Crippen molar-refractivity contribution in [2.45, 2.75) is 37.8 Å². The Morgan fingerprint density at radius 3 is 2.55 bits per heavy atom. The molecule has 2 N–H and O–H groups in total. The van der Waals surface area contributed by atoms with Crippen molar-refractivity contribution in [1.82, 2.24) is 14.7 Å². The van der Waals surface area contributed by atoms with E-state index < -0.39 is 10.0 Å². The summed E-state index contributed by atoms with van der Waals surface area (Å²) < 4.78 is 27.4. The highest BCUT2D eigenvalue weighted by Gasteiger charge is 2.22. The van der Waals surface area contributed by atoms with Crippen LogP contribution in [0.25, 0.3) is 0 Å². The minimum atomic E-state index is -3.58. The Hall–Kier alpha value is -1.66. The maximum atomic E-state index is 12.3. The van der Waals surface area contributed by atoms with Gasteiger partial charge < -0.3 is 4.98 Å². The predicted octanol–water partition coefficient (Wildman–Crippen LogP) is 2.54. The van der Waals surface area contributed by atoms with Gasteiger partial charge in [0.2, 0.25) is 0 Å². The first-order chi connectivity index (χ1) is 9.53. The van der Waals surface area contributed by atoms with E-state index in [1.54, 1.807) is 6.92 Å². The normalized spacial score (nSPS) is 13.3. The molecule has 2 rings (SSSR count). The zero-order chi connectivity index (χ0) is 14.6. The molecule has 1 atom stereocenters. The van der Waals surface area contributed by atoms with Crippen LogP contribution in [-0.4, -0.2) is 18.4 Å². The Morgan fingerprint density at radius 1 is 1.30 bits per heavy atom. The van der Waals surface area contributed by atoms with Crippen LogP contribution in [-0.2, 0) is 10.0 Å². The number of benzene rings is 1. The van der Waals surface area contributed by atoms with Gasteiger partial charge in [-0.05, 0) is 18.9 Å². The summed E-state index contributed by atoms with van der Waals surface area (Å²) in [6.07, 6.45) is 2.98. The van der Waals surface area contributed by atoms with Crippen molar-refractivity contribution in [2.24, 2.45) is 0 Å². The first-order valence-electron chi connectivity index (χ1n) is 6.62. The fraction of sp³-hybridized carbons (Fsp3) is 0.357. The third-order valence-electron chi connectivity index (χ3n) is 3.05. The van der Waals surface area contributed by atoms with Gasteiger partial charge >= 0.3 is 0 Å². The Morgan fingerprint density at radius 2 is 2.00 bits per heavy atom. The summed E-state index contributed by atoms with van der Waals surface area (Å²) in [4.78, 5) is 6.69. The van der Waals surface area contributed by atoms with E-state index in [1.165, 1.54) is 6.20 Å². The van der Waals surface area contributed by atoms with Gasteiger partial charge in [0.15, 0.2) is 5.03 Å². The van der Waals surface area contributed by atoms with Crippen LogP contribution in [0, 0.1) is 6.92 Å². The number of nitrogens with one attached hydrogen (secondary N) is 2. The van der Waals surface area contributed by atoms with Gasteiger partial charge in [-0.1, -0.05) is 43.7 Å². The molecule has 1 unspecified atom stereocenters. The smallest absolute Gasteiger partial charge is 0.258 e. The summed E-state index contributed by atoms with van der Waals surface area (Å²) in [6, 6.07) is 9.37. The molecule has 0 saturated carbocycles. The minimum absolute atomic E-state index is 0.104. The summed E-state index contributed by atoms with van der Waals surface area (Å²) in [5.74, 6) is 0.581. The molecule has 0 bridgehead atoms. The van der Waals surface area contributed by atoms with Crippen LogP contribution < -0.4 is 4.72 Å². The summed E-state index contributed by atoms with van der Waals surface area (Å²) in [5, 5.41) is 0.104. The van der Waals surface area contributed by atoms with Crippen LogP contribution >= 0.6 is 0 Å². The van der Waals surface area contributed by atoms with Crippen molar-refractivity contribution in [2.75, 3.05) is 0 Å². The van der Waals surface area contributed by atoms with Gasteiger partial charge in [0.1, 0.15) is 5.82 Å². The quantitative estimate of drug-likeness (QED) is 0.859. The monoisotopic (exact) mass is 293 g/mol. The highest BCUT2D eigenvalue weighted by atomic mass is 32.2. The van der Waals surface area contributed by atoms with Gasteiger partial charge in [-0.15, -0.1) is 0 Å². The molecule has 20 heavy (non-hydrogen) atoms. The maximum Gasteiger partial charge on any atom is 0.258 e. The standard InChI is InChI=1S/C14H19N3O2S/c1-3-7-13(12-8-5-4-6-9-12)17-20(18,19)14-10-15-11(2)16-14/h4-6,8-10,13,17H,3,7H2,1-2H3,(H,15,16). The van der Waals surface area contributed by atoms with E-state index in [2.05, 4.69) is 14.7 Å². The van der Waals surface area contributed by atoms with Gasteiger partial charge in [0, 0.05) is 6.04 Å². The Bertz CT molecular complexity index is 650. The minimum Gasteiger partial charge on any atom is -0.332 e. The fourth-order valence-corrected chi connectivity index (χ4v) is 3.28. The van der Waals surface area contributed by atoms with E-state index in [4.69, 9.17) is 0 Å². The number of sulfonamides is 1. The van der Waals surface area contributed by atoms with Crippen molar-refractivity contribution in [3.8, 4) is 0 Å². The molecule has 0 fully saturated rings. The highest BCUT2D eigenvalue weighted by Crippen LogP contribution is 2.20. The summed E-state index contributed by atoms with van der Waals surface area (Å²) in [7, 11) is -3.58. The lowest BCUT2D eigenvalue weighted by atomic mass is 10.0. The van der Waals surface area contributed by atoms with E-state index in [1.807, 2.05) is 37.3 Å². The zero-order valence-corrected chi connectivity index (χ0v) is 12.4. The van der Waals surface area contributed by atoms with E-state index in [9.17, 15) is 8.42 Å². The molecule has 0 spiro atoms. The molecule has 1 heterocycles. The van der Waals surface area contributed by atoms with Crippen molar-refractivity contribution in [1.29, 1.82) is 0 Å². The van der Waals surface area contributed by atoms with Gasteiger partial charge in [-0.2, -0.15) is 0 Å². The van der Waals surface area contributed by atoms with Crippen LogP contribution in [0.15, 0.2) is 41.6 Å². The molecule has 6 heteroatoms. The second-order valence-corrected chi connectivity index (χ2v) is 6.39. The number of aryl methyl sites for hydroxylation is 1. The van der Waals surface area contributed by atoms with Gasteiger partial charge in [0.25, 0.3) is 10.0 Å². The van der Waals surface area contributed by atoms with Crippen LogP contribution in [0.2, 0.25) is 0 Å². The molecule has 5 nitrogen and oxygen atoms in total. The molecular weight excluding hydrogens is 274 g/mol. The third-order valence-corrected chi connectivity index (χ3v) is 4.43. The largest absolute Gasteiger partial charge is 0.332 e. The number of rotatable bonds is 6. The predicted molar refractivity (Wildman–Crippen MR) is 77.7 cm³/mol. The third kappa shape index (κ3) is 3.46. The number of H-pyrrole nitrogens is 1. The number of aromatic nitrogens is 2. The van der Waals surface area contributed by atoms with Gasteiger partial charge in [-0.25, -0.2) is 18.1 Å². The number of hydrogen-bond donors (Lipinski definition) is 2. The molecule has 0 aliphatic heterocycles. The molecule has 1 aromatic carbocycles. The second kappa shape index (κ2) is 6.19. The SMILES string of the molecule is CCCC(NS(=O)(=O)c1cnc(C)[nH]1)c1ccccc1. The Kier molecular flexibility index (Phi) is 4.57. The molecule has 108 valence electrons. The summed E-state index contributed by atoms with van der Waals surface area (Å²) in [5.41, 5.74) is 0.967. The molecule has 0 aliphatic rings. The second-order valence-electron chi connectivity index (χ2n) is 4.71. The molecule has 2 aromatic rings. The number of hydrogen-bond acceptors (Lipinski definition) is 3. The summed E-state index contributed by atoms with van der Waals surface area (Å²) >= 11 is 0. The first-order valence-corrected chi connectivity index (χ1v) is 8.10. The lowest BCUT2D eigenvalue weighted by Crippen LogP contribution is -2.29. The van der Waals surface area contributed by atoms with Crippen molar-refractivity contribution < 1.29 is 8.42 Å². The van der Waals surface area contributed by atoms with E-state index in [0.29, 0.717) is 5.82 Å².